The van der Waals surface area contributed by atoms with Crippen LogP contribution >= 0.6 is 12.2 Å². The van der Waals surface area contributed by atoms with E-state index < -0.39 is 0 Å². The number of ether oxygens (including phenoxy) is 1. The number of aromatic nitrogens is 1. The van der Waals surface area contributed by atoms with E-state index in [1.165, 1.54) is 0 Å². The van der Waals surface area contributed by atoms with Crippen LogP contribution in [0.3, 0.4) is 0 Å². The lowest BCUT2D eigenvalue weighted by atomic mass is 10.3. The second-order valence-electron chi connectivity index (χ2n) is 3.12. The Morgan fingerprint density at radius 3 is 3.00 bits per heavy atom. The molecule has 0 amide bonds. The van der Waals surface area contributed by atoms with Crippen LogP contribution in [-0.2, 0) is 4.74 Å². The molecule has 0 aliphatic carbocycles. The molecular weight excluding hydrogens is 210 g/mol. The molecule has 0 radical (unpaired) electrons. The fourth-order valence-electron chi connectivity index (χ4n) is 1.07. The van der Waals surface area contributed by atoms with E-state index in [2.05, 4.69) is 15.6 Å². The van der Waals surface area contributed by atoms with Crippen LogP contribution in [0, 0.1) is 6.92 Å². The number of hydrogen-bond acceptors (Lipinski definition) is 3. The molecule has 0 atom stereocenters. The fraction of sp³-hybridized carbons (Fsp3) is 0.400. The molecule has 0 aliphatic rings. The molecule has 0 aromatic carbocycles. The van der Waals surface area contributed by atoms with E-state index in [4.69, 9.17) is 17.0 Å². The van der Waals surface area contributed by atoms with Gasteiger partial charge in [-0.05, 0) is 30.8 Å². The lowest BCUT2D eigenvalue weighted by molar-refractivity contribution is 0.204. The minimum absolute atomic E-state index is 0.583. The summed E-state index contributed by atoms with van der Waals surface area (Å²) in [6.07, 6.45) is 3.53. The van der Waals surface area contributed by atoms with Crippen LogP contribution < -0.4 is 10.6 Å². The zero-order valence-electron chi connectivity index (χ0n) is 8.91. The molecule has 0 spiro atoms. The molecule has 1 heterocycles. The molecular formula is C10H15N3OS. The Kier molecular flexibility index (Phi) is 5.00. The standard InChI is InChI=1S/C10H15N3OS/c1-8-5-9(7-11-6-8)13-10(15)12-3-4-14-2/h5-7H,3-4H2,1-2H3,(H2,12,13,15). The molecule has 0 bridgehead atoms. The van der Waals surface area contributed by atoms with Crippen molar-refractivity contribution in [2.24, 2.45) is 0 Å². The van der Waals surface area contributed by atoms with E-state index in [9.17, 15) is 0 Å². The Morgan fingerprint density at radius 2 is 2.33 bits per heavy atom. The van der Waals surface area contributed by atoms with Crippen LogP contribution in [0.4, 0.5) is 5.69 Å². The van der Waals surface area contributed by atoms with E-state index >= 15 is 0 Å². The highest BCUT2D eigenvalue weighted by atomic mass is 32.1. The number of anilines is 1. The summed E-state index contributed by atoms with van der Waals surface area (Å²) < 4.78 is 4.90. The molecule has 82 valence electrons. The Morgan fingerprint density at radius 1 is 1.53 bits per heavy atom. The molecule has 0 saturated heterocycles. The molecule has 0 aliphatic heterocycles. The van der Waals surface area contributed by atoms with Crippen molar-refractivity contribution in [2.45, 2.75) is 6.92 Å². The van der Waals surface area contributed by atoms with E-state index in [0.717, 1.165) is 11.3 Å². The Hall–Kier alpha value is -1.20. The van der Waals surface area contributed by atoms with Gasteiger partial charge in [0, 0.05) is 19.9 Å². The zero-order chi connectivity index (χ0) is 11.1. The van der Waals surface area contributed by atoms with Crippen LogP contribution in [0.25, 0.3) is 0 Å². The summed E-state index contributed by atoms with van der Waals surface area (Å²) in [6, 6.07) is 1.98. The highest BCUT2D eigenvalue weighted by Gasteiger charge is 1.97. The number of methoxy groups -OCH3 is 1. The third-order valence-electron chi connectivity index (χ3n) is 1.72. The predicted molar refractivity (Wildman–Crippen MR) is 65.1 cm³/mol. The van der Waals surface area contributed by atoms with Gasteiger partial charge in [0.2, 0.25) is 0 Å². The van der Waals surface area contributed by atoms with Crippen molar-refractivity contribution >= 4 is 23.0 Å². The van der Waals surface area contributed by atoms with Gasteiger partial charge in [-0.25, -0.2) is 0 Å². The van der Waals surface area contributed by atoms with E-state index in [1.807, 2.05) is 13.0 Å². The molecule has 5 heteroatoms. The van der Waals surface area contributed by atoms with E-state index in [1.54, 1.807) is 19.5 Å². The first-order valence-corrected chi connectivity index (χ1v) is 5.08. The Balaban J connectivity index is 2.37. The van der Waals surface area contributed by atoms with Gasteiger partial charge in [-0.2, -0.15) is 0 Å². The fourth-order valence-corrected chi connectivity index (χ4v) is 1.29. The summed E-state index contributed by atoms with van der Waals surface area (Å²) in [6.45, 7) is 3.31. The minimum atomic E-state index is 0.583. The zero-order valence-corrected chi connectivity index (χ0v) is 9.73. The first-order valence-electron chi connectivity index (χ1n) is 4.68. The van der Waals surface area contributed by atoms with Crippen molar-refractivity contribution < 1.29 is 4.74 Å². The molecule has 15 heavy (non-hydrogen) atoms. The van der Waals surface area contributed by atoms with Crippen molar-refractivity contribution in [3.05, 3.63) is 24.0 Å². The highest BCUT2D eigenvalue weighted by molar-refractivity contribution is 7.80. The topological polar surface area (TPSA) is 46.2 Å². The molecule has 4 nitrogen and oxygen atoms in total. The third kappa shape index (κ3) is 4.71. The van der Waals surface area contributed by atoms with Gasteiger partial charge in [0.1, 0.15) is 0 Å². The summed E-state index contributed by atoms with van der Waals surface area (Å²) in [5.41, 5.74) is 1.99. The van der Waals surface area contributed by atoms with Gasteiger partial charge >= 0.3 is 0 Å². The maximum absolute atomic E-state index is 5.09. The van der Waals surface area contributed by atoms with Crippen molar-refractivity contribution in [3.8, 4) is 0 Å². The number of nitrogens with zero attached hydrogens (tertiary/aromatic N) is 1. The van der Waals surface area contributed by atoms with Crippen molar-refractivity contribution in [1.29, 1.82) is 0 Å². The summed E-state index contributed by atoms with van der Waals surface area (Å²) in [5, 5.41) is 6.65. The smallest absolute Gasteiger partial charge is 0.170 e. The number of hydrogen-bond donors (Lipinski definition) is 2. The molecule has 1 aromatic rings. The first kappa shape index (κ1) is 11.9. The van der Waals surface area contributed by atoms with Crippen LogP contribution in [0.1, 0.15) is 5.56 Å². The second kappa shape index (κ2) is 6.31. The van der Waals surface area contributed by atoms with Gasteiger partial charge in [-0.3, -0.25) is 4.98 Å². The summed E-state index contributed by atoms with van der Waals surface area (Å²) in [4.78, 5) is 4.06. The third-order valence-corrected chi connectivity index (χ3v) is 1.97. The average Bonchev–Trinajstić information content (AvgIpc) is 2.18. The van der Waals surface area contributed by atoms with Crippen LogP contribution in [0.15, 0.2) is 18.5 Å². The normalized spacial score (nSPS) is 9.73. The quantitative estimate of drug-likeness (QED) is 0.598. The van der Waals surface area contributed by atoms with Crippen LogP contribution in [0.5, 0.6) is 0 Å². The van der Waals surface area contributed by atoms with Crippen molar-refractivity contribution in [3.63, 3.8) is 0 Å². The second-order valence-corrected chi connectivity index (χ2v) is 3.53. The average molecular weight is 225 g/mol. The van der Waals surface area contributed by atoms with Gasteiger partial charge in [0.15, 0.2) is 5.11 Å². The van der Waals surface area contributed by atoms with Crippen molar-refractivity contribution in [2.75, 3.05) is 25.6 Å². The Bertz CT molecular complexity index is 330. The lowest BCUT2D eigenvalue weighted by Crippen LogP contribution is -2.31. The summed E-state index contributed by atoms with van der Waals surface area (Å²) >= 11 is 5.09. The van der Waals surface area contributed by atoms with Gasteiger partial charge in [-0.1, -0.05) is 0 Å². The lowest BCUT2D eigenvalue weighted by Gasteiger charge is -2.09. The number of thiocarbonyl (C=S) groups is 1. The number of nitrogens with one attached hydrogen (secondary N) is 2. The maximum atomic E-state index is 5.09. The summed E-state index contributed by atoms with van der Waals surface area (Å²) in [5.74, 6) is 0. The highest BCUT2D eigenvalue weighted by Crippen LogP contribution is 2.06. The number of aryl methyl sites for hydroxylation is 1. The molecule has 0 fully saturated rings. The monoisotopic (exact) mass is 225 g/mol. The molecule has 1 rings (SSSR count). The summed E-state index contributed by atoms with van der Waals surface area (Å²) in [7, 11) is 1.66. The maximum Gasteiger partial charge on any atom is 0.170 e. The minimum Gasteiger partial charge on any atom is -0.383 e. The van der Waals surface area contributed by atoms with E-state index in [0.29, 0.717) is 18.3 Å². The van der Waals surface area contributed by atoms with Crippen LogP contribution in [-0.4, -0.2) is 30.4 Å². The SMILES string of the molecule is COCCNC(=S)Nc1cncc(C)c1. The van der Waals surface area contributed by atoms with Crippen molar-refractivity contribution in [1.82, 2.24) is 10.3 Å². The number of pyridine rings is 1. The van der Waals surface area contributed by atoms with Gasteiger partial charge in [-0.15, -0.1) is 0 Å². The van der Waals surface area contributed by atoms with Crippen LogP contribution in [0.2, 0.25) is 0 Å². The largest absolute Gasteiger partial charge is 0.383 e. The molecule has 2 N–H and O–H groups in total. The molecule has 0 unspecified atom stereocenters. The van der Waals surface area contributed by atoms with Gasteiger partial charge < -0.3 is 15.4 Å². The predicted octanol–water partition coefficient (Wildman–Crippen LogP) is 1.32. The Labute approximate surface area is 95.0 Å². The van der Waals surface area contributed by atoms with Gasteiger partial charge in [0.25, 0.3) is 0 Å². The van der Waals surface area contributed by atoms with E-state index in [-0.39, 0.29) is 0 Å². The molecule has 0 saturated carbocycles. The first-order chi connectivity index (χ1) is 7.22. The number of rotatable bonds is 4. The van der Waals surface area contributed by atoms with Gasteiger partial charge in [0.05, 0.1) is 18.5 Å². The molecule has 1 aromatic heterocycles.